The molecule has 1 atom stereocenters. The number of nitrogens with one attached hydrogen (secondary N) is 2. The molecule has 2 N–H and O–H groups in total. The molecule has 2 aromatic rings. The number of benzene rings is 1. The van der Waals surface area contributed by atoms with E-state index in [4.69, 9.17) is 11.6 Å². The largest absolute Gasteiger partial charge is 0.361 e. The number of piperidine rings is 1. The molecule has 0 aliphatic carbocycles. The minimum absolute atomic E-state index is 0.647. The van der Waals surface area contributed by atoms with Crippen molar-refractivity contribution in [1.29, 1.82) is 0 Å². The highest BCUT2D eigenvalue weighted by atomic mass is 35.5. The number of aromatic nitrogens is 1. The van der Waals surface area contributed by atoms with Crippen molar-refractivity contribution in [3.05, 3.63) is 35.0 Å². The fraction of sp³-hybridized carbons (Fsp3) is 0.500. The average molecular weight is 292 g/mol. The Morgan fingerprint density at radius 3 is 3.05 bits per heavy atom. The molecule has 2 heterocycles. The first-order valence-corrected chi connectivity index (χ1v) is 7.77. The highest BCUT2D eigenvalue weighted by molar-refractivity contribution is 6.31. The quantitative estimate of drug-likeness (QED) is 0.905. The molecule has 3 rings (SSSR count). The average Bonchev–Trinajstić information content (AvgIpc) is 2.82. The van der Waals surface area contributed by atoms with Crippen LogP contribution in [0.4, 0.5) is 0 Å². The lowest BCUT2D eigenvalue weighted by Gasteiger charge is -2.28. The molecule has 1 fully saturated rings. The van der Waals surface area contributed by atoms with Crippen LogP contribution in [0.3, 0.4) is 0 Å². The van der Waals surface area contributed by atoms with Crippen molar-refractivity contribution in [3.8, 4) is 0 Å². The first kappa shape index (κ1) is 13.9. The van der Waals surface area contributed by atoms with Gasteiger partial charge in [0.1, 0.15) is 0 Å². The number of nitrogens with zero attached hydrogens (tertiary/aromatic N) is 1. The van der Waals surface area contributed by atoms with Crippen LogP contribution < -0.4 is 5.32 Å². The second kappa shape index (κ2) is 6.17. The van der Waals surface area contributed by atoms with E-state index >= 15 is 0 Å². The zero-order chi connectivity index (χ0) is 13.9. The van der Waals surface area contributed by atoms with Gasteiger partial charge in [0.05, 0.1) is 0 Å². The molecule has 1 aromatic carbocycles. The zero-order valence-electron chi connectivity index (χ0n) is 12.0. The molecular formula is C16H22ClN3. The molecule has 20 heavy (non-hydrogen) atoms. The van der Waals surface area contributed by atoms with E-state index in [9.17, 15) is 0 Å². The van der Waals surface area contributed by atoms with Gasteiger partial charge in [0.25, 0.3) is 0 Å². The van der Waals surface area contributed by atoms with Crippen molar-refractivity contribution in [2.75, 3.05) is 20.1 Å². The van der Waals surface area contributed by atoms with E-state index < -0.39 is 0 Å². The summed E-state index contributed by atoms with van der Waals surface area (Å²) in [6, 6.07) is 6.71. The van der Waals surface area contributed by atoms with Crippen LogP contribution in [-0.2, 0) is 6.54 Å². The van der Waals surface area contributed by atoms with Gasteiger partial charge in [0.2, 0.25) is 0 Å². The maximum Gasteiger partial charge on any atom is 0.0472 e. The molecule has 0 bridgehead atoms. The maximum absolute atomic E-state index is 6.02. The number of halogens is 1. The van der Waals surface area contributed by atoms with Gasteiger partial charge in [-0.1, -0.05) is 24.1 Å². The minimum Gasteiger partial charge on any atom is -0.361 e. The monoisotopic (exact) mass is 291 g/mol. The summed E-state index contributed by atoms with van der Waals surface area (Å²) in [7, 11) is 2.20. The summed E-state index contributed by atoms with van der Waals surface area (Å²) in [5.74, 6) is 0. The molecule has 4 heteroatoms. The van der Waals surface area contributed by atoms with Gasteiger partial charge in [0.15, 0.2) is 0 Å². The summed E-state index contributed by atoms with van der Waals surface area (Å²) in [6.07, 6.45) is 6.08. The molecule has 0 spiro atoms. The van der Waals surface area contributed by atoms with Crippen molar-refractivity contribution >= 4 is 22.5 Å². The third-order valence-electron chi connectivity index (χ3n) is 4.11. The van der Waals surface area contributed by atoms with Crippen LogP contribution in [-0.4, -0.2) is 36.1 Å². The van der Waals surface area contributed by atoms with Crippen LogP contribution in [0.15, 0.2) is 24.4 Å². The topological polar surface area (TPSA) is 31.1 Å². The molecule has 108 valence electrons. The predicted octanol–water partition coefficient (Wildman–Crippen LogP) is 3.40. The zero-order valence-corrected chi connectivity index (χ0v) is 12.7. The predicted molar refractivity (Wildman–Crippen MR) is 85.3 cm³/mol. The third-order valence-corrected chi connectivity index (χ3v) is 4.35. The molecule has 1 aromatic heterocycles. The van der Waals surface area contributed by atoms with Gasteiger partial charge in [0, 0.05) is 41.3 Å². The normalized spacial score (nSPS) is 19.9. The van der Waals surface area contributed by atoms with Gasteiger partial charge < -0.3 is 15.2 Å². The van der Waals surface area contributed by atoms with E-state index in [0.29, 0.717) is 6.04 Å². The third kappa shape index (κ3) is 3.17. The van der Waals surface area contributed by atoms with E-state index in [1.54, 1.807) is 0 Å². The van der Waals surface area contributed by atoms with Crippen molar-refractivity contribution < 1.29 is 0 Å². The van der Waals surface area contributed by atoms with Crippen LogP contribution in [0.1, 0.15) is 24.8 Å². The molecule has 0 saturated carbocycles. The van der Waals surface area contributed by atoms with Crippen LogP contribution in [0.5, 0.6) is 0 Å². The molecular weight excluding hydrogens is 270 g/mol. The Kier molecular flexibility index (Phi) is 4.29. The van der Waals surface area contributed by atoms with Crippen molar-refractivity contribution in [1.82, 2.24) is 15.2 Å². The fourth-order valence-electron chi connectivity index (χ4n) is 3.10. The van der Waals surface area contributed by atoms with Crippen molar-refractivity contribution in [2.24, 2.45) is 0 Å². The van der Waals surface area contributed by atoms with Crippen LogP contribution in [0.25, 0.3) is 10.9 Å². The Morgan fingerprint density at radius 1 is 1.35 bits per heavy atom. The van der Waals surface area contributed by atoms with Gasteiger partial charge in [-0.2, -0.15) is 0 Å². The lowest BCUT2D eigenvalue weighted by Crippen LogP contribution is -2.42. The van der Waals surface area contributed by atoms with Crippen LogP contribution in [0.2, 0.25) is 5.02 Å². The highest BCUT2D eigenvalue weighted by Crippen LogP contribution is 2.23. The molecule has 0 amide bonds. The van der Waals surface area contributed by atoms with Gasteiger partial charge in [-0.3, -0.25) is 0 Å². The van der Waals surface area contributed by atoms with Gasteiger partial charge in [-0.05, 0) is 44.1 Å². The molecule has 1 aliphatic rings. The first-order chi connectivity index (χ1) is 9.72. The van der Waals surface area contributed by atoms with Gasteiger partial charge in [-0.15, -0.1) is 0 Å². The SMILES string of the molecule is CN(Cc1c[nH]c2cc(Cl)ccc12)CC1CCCCN1. The van der Waals surface area contributed by atoms with Crippen LogP contribution >= 0.6 is 11.6 Å². The number of hydrogen-bond acceptors (Lipinski definition) is 2. The number of fused-ring (bicyclic) bond motifs is 1. The van der Waals surface area contributed by atoms with Crippen molar-refractivity contribution in [3.63, 3.8) is 0 Å². The second-order valence-electron chi connectivity index (χ2n) is 5.85. The Hall–Kier alpha value is -1.03. The minimum atomic E-state index is 0.647. The van der Waals surface area contributed by atoms with Gasteiger partial charge in [-0.25, -0.2) is 0 Å². The summed E-state index contributed by atoms with van der Waals surface area (Å²) in [4.78, 5) is 5.71. The molecule has 0 radical (unpaired) electrons. The Balaban J connectivity index is 1.66. The molecule has 1 aliphatic heterocycles. The van der Waals surface area contributed by atoms with E-state index in [1.807, 2.05) is 12.1 Å². The summed E-state index contributed by atoms with van der Waals surface area (Å²) in [5.41, 5.74) is 2.46. The maximum atomic E-state index is 6.02. The molecule has 1 saturated heterocycles. The summed E-state index contributed by atoms with van der Waals surface area (Å²) in [6.45, 7) is 3.25. The smallest absolute Gasteiger partial charge is 0.0472 e. The standard InChI is InChI=1S/C16H22ClN3/c1-20(11-14-4-2-3-7-18-14)10-12-9-19-16-8-13(17)5-6-15(12)16/h5-6,8-9,14,18-19H,2-4,7,10-11H2,1H3. The van der Waals surface area contributed by atoms with E-state index in [-0.39, 0.29) is 0 Å². The van der Waals surface area contributed by atoms with E-state index in [2.05, 4.69) is 34.5 Å². The lowest BCUT2D eigenvalue weighted by atomic mass is 10.0. The first-order valence-electron chi connectivity index (χ1n) is 7.40. The lowest BCUT2D eigenvalue weighted by molar-refractivity contribution is 0.257. The summed E-state index contributed by atoms with van der Waals surface area (Å²) >= 11 is 6.02. The molecule has 1 unspecified atom stereocenters. The van der Waals surface area contributed by atoms with E-state index in [0.717, 1.165) is 23.6 Å². The summed E-state index contributed by atoms with van der Waals surface area (Å²) < 4.78 is 0. The van der Waals surface area contributed by atoms with E-state index in [1.165, 1.54) is 36.8 Å². The Morgan fingerprint density at radius 2 is 2.25 bits per heavy atom. The summed E-state index contributed by atoms with van der Waals surface area (Å²) in [5, 5.41) is 5.67. The molecule has 3 nitrogen and oxygen atoms in total. The number of aromatic amines is 1. The highest BCUT2D eigenvalue weighted by Gasteiger charge is 2.15. The van der Waals surface area contributed by atoms with Crippen molar-refractivity contribution in [2.45, 2.75) is 31.8 Å². The Labute approximate surface area is 125 Å². The number of rotatable bonds is 4. The number of H-pyrrole nitrogens is 1. The number of likely N-dealkylation sites (N-methyl/N-ethyl adjacent to an activating group) is 1. The second-order valence-corrected chi connectivity index (χ2v) is 6.28. The Bertz CT molecular complexity index is 572. The number of hydrogen-bond donors (Lipinski definition) is 2. The van der Waals surface area contributed by atoms with Crippen LogP contribution in [0, 0.1) is 0 Å². The van der Waals surface area contributed by atoms with Gasteiger partial charge >= 0.3 is 0 Å². The fourth-order valence-corrected chi connectivity index (χ4v) is 3.27.